The van der Waals surface area contributed by atoms with Crippen LogP contribution in [0.3, 0.4) is 0 Å². The second-order valence-corrected chi connectivity index (χ2v) is 4.30. The minimum Gasteiger partial charge on any atom is -0.468 e. The van der Waals surface area contributed by atoms with Crippen LogP contribution in [-0.4, -0.2) is 41.6 Å². The summed E-state index contributed by atoms with van der Waals surface area (Å²) in [4.78, 5) is 35.3. The maximum absolute atomic E-state index is 11.7. The monoisotopic (exact) mass is 227 g/mol. The minimum atomic E-state index is -0.578. The van der Waals surface area contributed by atoms with Gasteiger partial charge in [0, 0.05) is 0 Å². The van der Waals surface area contributed by atoms with Crippen LogP contribution in [0.5, 0.6) is 0 Å². The Hall–Kier alpha value is -1.30. The van der Waals surface area contributed by atoms with Crippen LogP contribution in [0.25, 0.3) is 0 Å². The Balaban J connectivity index is 2.14. The molecular formula is C9H9NO4S. The van der Waals surface area contributed by atoms with Gasteiger partial charge in [0.05, 0.1) is 13.0 Å². The standard InChI is InChI=1S/C9H9NO4S/c1-14-6(11)4-10-8(12)5-2-3-15-7(5)9(10)13/h2-3,5,7H,4H2,1H3. The number of ether oxygens (including phenoxy) is 1. The SMILES string of the molecule is COC(=O)CN1C(=O)C2C=CSC2C1=O. The summed E-state index contributed by atoms with van der Waals surface area (Å²) in [6.45, 7) is -0.282. The van der Waals surface area contributed by atoms with E-state index in [0.717, 1.165) is 4.90 Å². The predicted molar refractivity (Wildman–Crippen MR) is 52.7 cm³/mol. The molecule has 0 aromatic rings. The molecule has 0 bridgehead atoms. The lowest BCUT2D eigenvalue weighted by molar-refractivity contribution is -0.150. The third kappa shape index (κ3) is 1.54. The number of hydrogen-bond donors (Lipinski definition) is 0. The van der Waals surface area contributed by atoms with E-state index in [2.05, 4.69) is 4.74 Å². The third-order valence-corrected chi connectivity index (χ3v) is 3.52. The van der Waals surface area contributed by atoms with Crippen molar-refractivity contribution < 1.29 is 19.1 Å². The molecule has 80 valence electrons. The van der Waals surface area contributed by atoms with Crippen molar-refractivity contribution in [3.63, 3.8) is 0 Å². The fourth-order valence-corrected chi connectivity index (χ4v) is 2.66. The van der Waals surface area contributed by atoms with E-state index in [4.69, 9.17) is 0 Å². The van der Waals surface area contributed by atoms with Gasteiger partial charge in [-0.15, -0.1) is 11.8 Å². The Labute approximate surface area is 90.4 Å². The maximum Gasteiger partial charge on any atom is 0.325 e. The third-order valence-electron chi connectivity index (χ3n) is 2.41. The second kappa shape index (κ2) is 3.69. The number of methoxy groups -OCH3 is 1. The van der Waals surface area contributed by atoms with Gasteiger partial charge in [0.1, 0.15) is 11.8 Å². The number of imide groups is 1. The molecular weight excluding hydrogens is 218 g/mol. The molecule has 5 nitrogen and oxygen atoms in total. The van der Waals surface area contributed by atoms with Crippen LogP contribution in [0.1, 0.15) is 0 Å². The van der Waals surface area contributed by atoms with E-state index < -0.39 is 11.9 Å². The molecule has 0 saturated carbocycles. The average Bonchev–Trinajstić information content (AvgIpc) is 2.78. The summed E-state index contributed by atoms with van der Waals surface area (Å²) in [6, 6.07) is 0. The van der Waals surface area contributed by atoms with Crippen molar-refractivity contribution in [1.29, 1.82) is 0 Å². The summed E-state index contributed by atoms with van der Waals surface area (Å²) in [5.74, 6) is -1.58. The molecule has 2 atom stereocenters. The zero-order valence-electron chi connectivity index (χ0n) is 8.00. The van der Waals surface area contributed by atoms with Gasteiger partial charge in [-0.05, 0) is 5.41 Å². The first-order valence-corrected chi connectivity index (χ1v) is 5.33. The Morgan fingerprint density at radius 2 is 2.27 bits per heavy atom. The van der Waals surface area contributed by atoms with Gasteiger partial charge < -0.3 is 4.74 Å². The van der Waals surface area contributed by atoms with Crippen LogP contribution in [0.15, 0.2) is 11.5 Å². The second-order valence-electron chi connectivity index (χ2n) is 3.25. The fourth-order valence-electron chi connectivity index (χ4n) is 1.62. The van der Waals surface area contributed by atoms with E-state index in [-0.39, 0.29) is 23.6 Å². The normalized spacial score (nSPS) is 28.5. The molecule has 6 heteroatoms. The topological polar surface area (TPSA) is 63.7 Å². The van der Waals surface area contributed by atoms with E-state index in [9.17, 15) is 14.4 Å². The lowest BCUT2D eigenvalue weighted by Gasteiger charge is -2.12. The molecule has 1 saturated heterocycles. The van der Waals surface area contributed by atoms with Crippen LogP contribution in [0.2, 0.25) is 0 Å². The van der Waals surface area contributed by atoms with Crippen LogP contribution in [-0.2, 0) is 19.1 Å². The van der Waals surface area contributed by atoms with Gasteiger partial charge in [0.25, 0.3) is 0 Å². The first-order valence-electron chi connectivity index (χ1n) is 4.39. The van der Waals surface area contributed by atoms with Crippen LogP contribution in [0, 0.1) is 5.92 Å². The quantitative estimate of drug-likeness (QED) is 0.482. The molecule has 2 unspecified atom stereocenters. The number of rotatable bonds is 2. The Bertz CT molecular complexity index is 365. The van der Waals surface area contributed by atoms with Crippen molar-refractivity contribution in [3.05, 3.63) is 11.5 Å². The molecule has 0 spiro atoms. The molecule has 0 aromatic heterocycles. The number of carbonyl (C=O) groups is 3. The number of esters is 1. The van der Waals surface area contributed by atoms with E-state index in [1.54, 1.807) is 11.5 Å². The Kier molecular flexibility index (Phi) is 2.52. The molecule has 2 amide bonds. The number of fused-ring (bicyclic) bond motifs is 1. The van der Waals surface area contributed by atoms with Crippen LogP contribution in [0.4, 0.5) is 0 Å². The zero-order valence-corrected chi connectivity index (χ0v) is 8.82. The summed E-state index contributed by atoms with van der Waals surface area (Å²) >= 11 is 1.32. The van der Waals surface area contributed by atoms with Crippen molar-refractivity contribution in [2.45, 2.75) is 5.25 Å². The summed E-state index contributed by atoms with van der Waals surface area (Å²) in [6.07, 6.45) is 1.70. The highest BCUT2D eigenvalue weighted by molar-refractivity contribution is 8.03. The van der Waals surface area contributed by atoms with E-state index in [0.29, 0.717) is 0 Å². The maximum atomic E-state index is 11.7. The van der Waals surface area contributed by atoms with Gasteiger partial charge in [-0.25, -0.2) is 0 Å². The van der Waals surface area contributed by atoms with Crippen LogP contribution < -0.4 is 0 Å². The molecule has 15 heavy (non-hydrogen) atoms. The van der Waals surface area contributed by atoms with Gasteiger partial charge in [-0.2, -0.15) is 0 Å². The van der Waals surface area contributed by atoms with Gasteiger partial charge in [0.15, 0.2) is 0 Å². The van der Waals surface area contributed by atoms with E-state index in [1.807, 2.05) is 0 Å². The molecule has 0 aliphatic carbocycles. The zero-order chi connectivity index (χ0) is 11.0. The molecule has 0 radical (unpaired) electrons. The molecule has 2 heterocycles. The summed E-state index contributed by atoms with van der Waals surface area (Å²) in [7, 11) is 1.23. The van der Waals surface area contributed by atoms with Crippen molar-refractivity contribution >= 4 is 29.5 Å². The van der Waals surface area contributed by atoms with Gasteiger partial charge in [0.2, 0.25) is 11.8 Å². The van der Waals surface area contributed by atoms with Crippen molar-refractivity contribution in [1.82, 2.24) is 4.90 Å². The molecule has 2 rings (SSSR count). The van der Waals surface area contributed by atoms with Gasteiger partial charge in [-0.3, -0.25) is 19.3 Å². The van der Waals surface area contributed by atoms with Crippen molar-refractivity contribution in [3.8, 4) is 0 Å². The lowest BCUT2D eigenvalue weighted by atomic mass is 10.1. The smallest absolute Gasteiger partial charge is 0.325 e. The summed E-state index contributed by atoms with van der Waals surface area (Å²) < 4.78 is 4.42. The number of hydrogen-bond acceptors (Lipinski definition) is 5. The highest BCUT2D eigenvalue weighted by atomic mass is 32.2. The predicted octanol–water partition coefficient (Wildman–Crippen LogP) is -0.227. The molecule has 2 aliphatic heterocycles. The average molecular weight is 227 g/mol. The first kappa shape index (κ1) is 10.2. The van der Waals surface area contributed by atoms with Gasteiger partial charge in [-0.1, -0.05) is 6.08 Å². The minimum absolute atomic E-state index is 0.282. The first-order chi connectivity index (χ1) is 7.15. The largest absolute Gasteiger partial charge is 0.468 e. The number of amides is 2. The van der Waals surface area contributed by atoms with E-state index in [1.165, 1.54) is 18.9 Å². The highest BCUT2D eigenvalue weighted by Crippen LogP contribution is 2.37. The summed E-state index contributed by atoms with van der Waals surface area (Å²) in [5, 5.41) is 1.38. The molecule has 2 aliphatic rings. The molecule has 0 N–H and O–H groups in total. The number of likely N-dealkylation sites (tertiary alicyclic amines) is 1. The van der Waals surface area contributed by atoms with Crippen molar-refractivity contribution in [2.24, 2.45) is 5.92 Å². The molecule has 1 fully saturated rings. The van der Waals surface area contributed by atoms with Gasteiger partial charge >= 0.3 is 5.97 Å². The molecule has 0 aromatic carbocycles. The van der Waals surface area contributed by atoms with E-state index >= 15 is 0 Å². The number of carbonyl (C=O) groups excluding carboxylic acids is 3. The highest BCUT2D eigenvalue weighted by Gasteiger charge is 2.48. The fraction of sp³-hybridized carbons (Fsp3) is 0.444. The summed E-state index contributed by atoms with van der Waals surface area (Å²) in [5.41, 5.74) is 0. The van der Waals surface area contributed by atoms with Crippen LogP contribution >= 0.6 is 11.8 Å². The van der Waals surface area contributed by atoms with Crippen molar-refractivity contribution in [2.75, 3.05) is 13.7 Å². The number of nitrogens with zero attached hydrogens (tertiary/aromatic N) is 1. The Morgan fingerprint density at radius 1 is 1.53 bits per heavy atom. The number of thioether (sulfide) groups is 1. The lowest BCUT2D eigenvalue weighted by Crippen LogP contribution is -2.36. The Morgan fingerprint density at radius 3 is 2.87 bits per heavy atom.